The lowest BCUT2D eigenvalue weighted by Crippen LogP contribution is -2.50. The van der Waals surface area contributed by atoms with E-state index in [9.17, 15) is 9.90 Å². The second kappa shape index (κ2) is 5.09. The number of carbonyl (C=O) groups is 1. The maximum atomic E-state index is 12.4. The van der Waals surface area contributed by atoms with E-state index in [1.165, 1.54) is 13.2 Å². The first-order chi connectivity index (χ1) is 8.93. The smallest absolute Gasteiger partial charge is 0.254 e. The van der Waals surface area contributed by atoms with Gasteiger partial charge in [-0.1, -0.05) is 0 Å². The molecular formula is C14H19NO4. The van der Waals surface area contributed by atoms with Gasteiger partial charge in [0.25, 0.3) is 5.91 Å². The number of carbonyl (C=O) groups excluding carboxylic acids is 1. The van der Waals surface area contributed by atoms with Crippen LogP contribution >= 0.6 is 0 Å². The quantitative estimate of drug-likeness (QED) is 0.883. The van der Waals surface area contributed by atoms with Crippen molar-refractivity contribution in [3.63, 3.8) is 0 Å². The molecule has 1 aliphatic rings. The molecule has 0 atom stereocenters. The van der Waals surface area contributed by atoms with Crippen LogP contribution in [-0.4, -0.2) is 48.3 Å². The number of hydrogen-bond donors (Lipinski definition) is 1. The van der Waals surface area contributed by atoms with Crippen molar-refractivity contribution >= 4 is 5.91 Å². The Kier molecular flexibility index (Phi) is 3.66. The molecule has 5 heteroatoms. The average molecular weight is 265 g/mol. The standard InChI is InChI=1S/C14H19NO4/c1-14(2)9-15(6-7-19-14)13(17)10-4-5-12(18-3)11(16)8-10/h4-5,8,16H,6-7,9H2,1-3H3. The van der Waals surface area contributed by atoms with Crippen molar-refractivity contribution in [1.82, 2.24) is 4.90 Å². The van der Waals surface area contributed by atoms with Gasteiger partial charge in [0.1, 0.15) is 0 Å². The van der Waals surface area contributed by atoms with Crippen LogP contribution in [-0.2, 0) is 4.74 Å². The van der Waals surface area contributed by atoms with Gasteiger partial charge in [-0.25, -0.2) is 0 Å². The van der Waals surface area contributed by atoms with E-state index in [4.69, 9.17) is 9.47 Å². The summed E-state index contributed by atoms with van der Waals surface area (Å²) in [5.41, 5.74) is 0.124. The number of morpholine rings is 1. The lowest BCUT2D eigenvalue weighted by atomic mass is 10.1. The van der Waals surface area contributed by atoms with Crippen LogP contribution in [0.15, 0.2) is 18.2 Å². The van der Waals surface area contributed by atoms with Crippen molar-refractivity contribution in [3.05, 3.63) is 23.8 Å². The van der Waals surface area contributed by atoms with E-state index in [0.29, 0.717) is 31.0 Å². The molecule has 0 spiro atoms. The van der Waals surface area contributed by atoms with Crippen molar-refractivity contribution in [1.29, 1.82) is 0 Å². The number of hydrogen-bond acceptors (Lipinski definition) is 4. The molecule has 1 amide bonds. The van der Waals surface area contributed by atoms with Gasteiger partial charge in [0.05, 0.1) is 19.3 Å². The van der Waals surface area contributed by atoms with Crippen LogP contribution in [0.1, 0.15) is 24.2 Å². The van der Waals surface area contributed by atoms with Crippen LogP contribution in [0.2, 0.25) is 0 Å². The van der Waals surface area contributed by atoms with E-state index in [1.54, 1.807) is 17.0 Å². The van der Waals surface area contributed by atoms with Crippen LogP contribution in [0.4, 0.5) is 0 Å². The number of nitrogens with zero attached hydrogens (tertiary/aromatic N) is 1. The van der Waals surface area contributed by atoms with Crippen molar-refractivity contribution in [3.8, 4) is 11.5 Å². The second-order valence-electron chi connectivity index (χ2n) is 5.22. The van der Waals surface area contributed by atoms with E-state index < -0.39 is 0 Å². The lowest BCUT2D eigenvalue weighted by molar-refractivity contribution is -0.0764. The number of rotatable bonds is 2. The molecule has 1 fully saturated rings. The fourth-order valence-corrected chi connectivity index (χ4v) is 2.20. The van der Waals surface area contributed by atoms with Crippen LogP contribution in [0, 0.1) is 0 Å². The van der Waals surface area contributed by atoms with Crippen molar-refractivity contribution in [2.24, 2.45) is 0 Å². The topological polar surface area (TPSA) is 59.0 Å². The normalized spacial score (nSPS) is 18.2. The Morgan fingerprint density at radius 1 is 1.47 bits per heavy atom. The monoisotopic (exact) mass is 265 g/mol. The van der Waals surface area contributed by atoms with Gasteiger partial charge in [0, 0.05) is 18.7 Å². The molecule has 0 bridgehead atoms. The molecule has 1 aliphatic heterocycles. The number of methoxy groups -OCH3 is 1. The highest BCUT2D eigenvalue weighted by atomic mass is 16.5. The van der Waals surface area contributed by atoms with E-state index in [0.717, 1.165) is 0 Å². The average Bonchev–Trinajstić information content (AvgIpc) is 2.36. The molecule has 2 rings (SSSR count). The van der Waals surface area contributed by atoms with Crippen LogP contribution in [0.25, 0.3) is 0 Å². The van der Waals surface area contributed by atoms with Gasteiger partial charge in [-0.15, -0.1) is 0 Å². The second-order valence-corrected chi connectivity index (χ2v) is 5.22. The zero-order valence-electron chi connectivity index (χ0n) is 11.5. The predicted octanol–water partition coefficient (Wildman–Crippen LogP) is 1.65. The predicted molar refractivity (Wildman–Crippen MR) is 70.6 cm³/mol. The number of phenols is 1. The zero-order valence-corrected chi connectivity index (χ0v) is 11.5. The highest BCUT2D eigenvalue weighted by Gasteiger charge is 2.30. The maximum Gasteiger partial charge on any atom is 0.254 e. The molecule has 19 heavy (non-hydrogen) atoms. The molecule has 1 saturated heterocycles. The minimum atomic E-state index is -0.331. The molecule has 0 unspecified atom stereocenters. The fourth-order valence-electron chi connectivity index (χ4n) is 2.20. The van der Waals surface area contributed by atoms with E-state index >= 15 is 0 Å². The Morgan fingerprint density at radius 2 is 2.21 bits per heavy atom. The molecule has 0 radical (unpaired) electrons. The SMILES string of the molecule is COc1ccc(C(=O)N2CCOC(C)(C)C2)cc1O. The van der Waals surface area contributed by atoms with Gasteiger partial charge < -0.3 is 19.5 Å². The molecule has 1 heterocycles. The molecule has 0 aliphatic carbocycles. The first kappa shape index (κ1) is 13.7. The van der Waals surface area contributed by atoms with E-state index in [2.05, 4.69) is 0 Å². The van der Waals surface area contributed by atoms with Gasteiger partial charge >= 0.3 is 0 Å². The summed E-state index contributed by atoms with van der Waals surface area (Å²) in [6.07, 6.45) is 0. The molecule has 1 aromatic rings. The molecule has 1 aromatic carbocycles. The van der Waals surface area contributed by atoms with E-state index in [-0.39, 0.29) is 17.3 Å². The van der Waals surface area contributed by atoms with Crippen molar-refractivity contribution in [2.75, 3.05) is 26.8 Å². The third kappa shape index (κ3) is 2.98. The molecular weight excluding hydrogens is 246 g/mol. The largest absolute Gasteiger partial charge is 0.504 e. The highest BCUT2D eigenvalue weighted by Crippen LogP contribution is 2.27. The fraction of sp³-hybridized carbons (Fsp3) is 0.500. The third-order valence-electron chi connectivity index (χ3n) is 3.14. The summed E-state index contributed by atoms with van der Waals surface area (Å²) in [4.78, 5) is 14.1. The minimum Gasteiger partial charge on any atom is -0.504 e. The van der Waals surface area contributed by atoms with Gasteiger partial charge in [-0.2, -0.15) is 0 Å². The number of aromatic hydroxyl groups is 1. The van der Waals surface area contributed by atoms with Crippen molar-refractivity contribution < 1.29 is 19.4 Å². The van der Waals surface area contributed by atoms with Gasteiger partial charge in [0.15, 0.2) is 11.5 Å². The number of amides is 1. The van der Waals surface area contributed by atoms with Gasteiger partial charge in [-0.05, 0) is 32.0 Å². The lowest BCUT2D eigenvalue weighted by Gasteiger charge is -2.38. The summed E-state index contributed by atoms with van der Waals surface area (Å²) in [6.45, 7) is 5.55. The molecule has 0 aromatic heterocycles. The molecule has 104 valence electrons. The van der Waals surface area contributed by atoms with Crippen LogP contribution < -0.4 is 4.74 Å². The van der Waals surface area contributed by atoms with Gasteiger partial charge in [0.2, 0.25) is 0 Å². The summed E-state index contributed by atoms with van der Waals surface area (Å²) in [5.74, 6) is 0.231. The Morgan fingerprint density at radius 3 is 2.79 bits per heavy atom. The molecule has 1 N–H and O–H groups in total. The van der Waals surface area contributed by atoms with Crippen LogP contribution in [0.5, 0.6) is 11.5 Å². The minimum absolute atomic E-state index is 0.0270. The Balaban J connectivity index is 2.17. The summed E-state index contributed by atoms with van der Waals surface area (Å²) in [7, 11) is 1.47. The van der Waals surface area contributed by atoms with Gasteiger partial charge in [-0.3, -0.25) is 4.79 Å². The first-order valence-electron chi connectivity index (χ1n) is 6.23. The molecule has 0 saturated carbocycles. The van der Waals surface area contributed by atoms with Crippen molar-refractivity contribution in [2.45, 2.75) is 19.4 Å². The number of ether oxygens (including phenoxy) is 2. The third-order valence-corrected chi connectivity index (χ3v) is 3.14. The Labute approximate surface area is 112 Å². The van der Waals surface area contributed by atoms with E-state index in [1.807, 2.05) is 13.8 Å². The summed E-state index contributed by atoms with van der Waals surface area (Å²) in [6, 6.07) is 4.68. The Hall–Kier alpha value is -1.75. The zero-order chi connectivity index (χ0) is 14.0. The maximum absolute atomic E-state index is 12.4. The summed E-state index contributed by atoms with van der Waals surface area (Å²) < 4.78 is 10.5. The Bertz CT molecular complexity index is 484. The summed E-state index contributed by atoms with van der Waals surface area (Å²) in [5, 5.41) is 9.72. The highest BCUT2D eigenvalue weighted by molar-refractivity contribution is 5.95. The summed E-state index contributed by atoms with van der Waals surface area (Å²) >= 11 is 0. The number of benzene rings is 1. The first-order valence-corrected chi connectivity index (χ1v) is 6.23. The number of phenolic OH excluding ortho intramolecular Hbond substituents is 1. The van der Waals surface area contributed by atoms with Crippen LogP contribution in [0.3, 0.4) is 0 Å². The molecule has 5 nitrogen and oxygen atoms in total.